The van der Waals surface area contributed by atoms with Crippen molar-refractivity contribution in [1.82, 2.24) is 9.78 Å². The van der Waals surface area contributed by atoms with Crippen LogP contribution in [0.2, 0.25) is 5.15 Å². The molecule has 0 bridgehead atoms. The minimum absolute atomic E-state index is 0.162. The third-order valence-electron chi connectivity index (χ3n) is 1.76. The lowest BCUT2D eigenvalue weighted by Crippen LogP contribution is -2.08. The number of hydrogen-bond acceptors (Lipinski definition) is 2. The third kappa shape index (κ3) is 2.63. The van der Waals surface area contributed by atoms with E-state index in [1.54, 1.807) is 0 Å². The van der Waals surface area contributed by atoms with E-state index < -0.39 is 11.9 Å². The molecule has 0 atom stereocenters. The molecular formula is C9H8ClF3N2O. The zero-order valence-electron chi connectivity index (χ0n) is 8.47. The van der Waals surface area contributed by atoms with Crippen molar-refractivity contribution in [2.75, 3.05) is 0 Å². The number of aromatic nitrogens is 2. The van der Waals surface area contributed by atoms with Gasteiger partial charge in [0.05, 0.1) is 0 Å². The second-order valence-corrected chi connectivity index (χ2v) is 3.48. The van der Waals surface area contributed by atoms with Crippen molar-refractivity contribution in [2.45, 2.75) is 13.1 Å². The van der Waals surface area contributed by atoms with Crippen molar-refractivity contribution in [3.8, 4) is 0 Å². The molecule has 1 aromatic rings. The van der Waals surface area contributed by atoms with Gasteiger partial charge in [-0.1, -0.05) is 11.6 Å². The van der Waals surface area contributed by atoms with Crippen molar-refractivity contribution >= 4 is 23.5 Å². The number of alkyl halides is 3. The summed E-state index contributed by atoms with van der Waals surface area (Å²) >= 11 is 5.64. The van der Waals surface area contributed by atoms with Gasteiger partial charge in [-0.3, -0.25) is 9.48 Å². The fourth-order valence-corrected chi connectivity index (χ4v) is 1.27. The summed E-state index contributed by atoms with van der Waals surface area (Å²) < 4.78 is 38.4. The van der Waals surface area contributed by atoms with Crippen molar-refractivity contribution in [3.63, 3.8) is 0 Å². The smallest absolute Gasteiger partial charge is 0.295 e. The van der Waals surface area contributed by atoms with Gasteiger partial charge in [0.2, 0.25) is 0 Å². The van der Waals surface area contributed by atoms with Crippen LogP contribution in [-0.4, -0.2) is 15.6 Å². The fraction of sp³-hybridized carbons (Fsp3) is 0.333. The van der Waals surface area contributed by atoms with Crippen LogP contribution < -0.4 is 0 Å². The summed E-state index contributed by atoms with van der Waals surface area (Å²) in [5, 5.41) is 3.09. The Labute approximate surface area is 94.5 Å². The molecule has 7 heteroatoms. The minimum atomic E-state index is -4.60. The van der Waals surface area contributed by atoms with E-state index in [2.05, 4.69) is 5.10 Å². The van der Waals surface area contributed by atoms with Crippen LogP contribution in [0.25, 0.3) is 6.08 Å². The molecule has 3 nitrogen and oxygen atoms in total. The molecule has 0 aliphatic carbocycles. The number of allylic oxidation sites excluding steroid dienone is 1. The molecule has 0 saturated carbocycles. The van der Waals surface area contributed by atoms with Crippen LogP contribution in [0.1, 0.15) is 18.2 Å². The van der Waals surface area contributed by atoms with Gasteiger partial charge in [0, 0.05) is 12.6 Å². The first-order valence-corrected chi connectivity index (χ1v) is 4.59. The second kappa shape index (κ2) is 4.29. The standard InChI is InChI=1S/C9H8ClF3N2O/c1-5(16)3-4-6-7(9(11,12)13)14-15(2)8(6)10/h3-4H,1-2H3/b4-3+. The zero-order chi connectivity index (χ0) is 12.5. The van der Waals surface area contributed by atoms with E-state index >= 15 is 0 Å². The summed E-state index contributed by atoms with van der Waals surface area (Å²) in [4.78, 5) is 10.7. The molecule has 88 valence electrons. The first-order chi connectivity index (χ1) is 7.23. The summed E-state index contributed by atoms with van der Waals surface area (Å²) in [6.45, 7) is 1.23. The molecule has 0 saturated heterocycles. The van der Waals surface area contributed by atoms with Crippen LogP contribution in [-0.2, 0) is 18.0 Å². The van der Waals surface area contributed by atoms with Crippen molar-refractivity contribution in [2.24, 2.45) is 7.05 Å². The second-order valence-electron chi connectivity index (χ2n) is 3.12. The Balaban J connectivity index is 3.30. The third-order valence-corrected chi connectivity index (χ3v) is 2.21. The predicted molar refractivity (Wildman–Crippen MR) is 52.9 cm³/mol. The number of ketones is 1. The maximum Gasteiger partial charge on any atom is 0.435 e. The van der Waals surface area contributed by atoms with Crippen molar-refractivity contribution in [1.29, 1.82) is 0 Å². The van der Waals surface area contributed by atoms with Gasteiger partial charge in [-0.2, -0.15) is 18.3 Å². The summed E-state index contributed by atoms with van der Waals surface area (Å²) in [6, 6.07) is 0. The minimum Gasteiger partial charge on any atom is -0.295 e. The van der Waals surface area contributed by atoms with Crippen molar-refractivity contribution < 1.29 is 18.0 Å². The van der Waals surface area contributed by atoms with E-state index in [9.17, 15) is 18.0 Å². The Kier molecular flexibility index (Phi) is 3.42. The van der Waals surface area contributed by atoms with Gasteiger partial charge in [-0.25, -0.2) is 0 Å². The monoisotopic (exact) mass is 252 g/mol. The van der Waals surface area contributed by atoms with Crippen LogP contribution in [0, 0.1) is 0 Å². The zero-order valence-corrected chi connectivity index (χ0v) is 9.23. The molecule has 0 fully saturated rings. The number of aryl methyl sites for hydroxylation is 1. The molecule has 0 radical (unpaired) electrons. The van der Waals surface area contributed by atoms with Gasteiger partial charge in [0.1, 0.15) is 5.15 Å². The van der Waals surface area contributed by atoms with Crippen molar-refractivity contribution in [3.05, 3.63) is 22.5 Å². The molecule has 0 spiro atoms. The molecule has 0 aliphatic heterocycles. The normalized spacial score (nSPS) is 12.4. The van der Waals surface area contributed by atoms with E-state index in [1.165, 1.54) is 14.0 Å². The van der Waals surface area contributed by atoms with Gasteiger partial charge in [0.15, 0.2) is 11.5 Å². The average molecular weight is 253 g/mol. The van der Waals surface area contributed by atoms with Gasteiger partial charge in [0.25, 0.3) is 0 Å². The van der Waals surface area contributed by atoms with Crippen LogP contribution in [0.5, 0.6) is 0 Å². The van der Waals surface area contributed by atoms with E-state index in [0.29, 0.717) is 0 Å². The lowest BCUT2D eigenvalue weighted by Gasteiger charge is -2.02. The number of hydrogen-bond donors (Lipinski definition) is 0. The van der Waals surface area contributed by atoms with E-state index in [-0.39, 0.29) is 16.5 Å². The molecule has 0 N–H and O–H groups in total. The molecule has 1 rings (SSSR count). The van der Waals surface area contributed by atoms with Gasteiger partial charge < -0.3 is 0 Å². The first kappa shape index (κ1) is 12.8. The highest BCUT2D eigenvalue weighted by Gasteiger charge is 2.37. The predicted octanol–water partition coefficient (Wildman–Crippen LogP) is 2.69. The topological polar surface area (TPSA) is 34.9 Å². The number of carbonyl (C=O) groups is 1. The Morgan fingerprint density at radius 2 is 2.06 bits per heavy atom. The Morgan fingerprint density at radius 3 is 2.50 bits per heavy atom. The van der Waals surface area contributed by atoms with Crippen LogP contribution in [0.3, 0.4) is 0 Å². The van der Waals surface area contributed by atoms with Crippen LogP contribution in [0.4, 0.5) is 13.2 Å². The fourth-order valence-electron chi connectivity index (χ4n) is 1.08. The average Bonchev–Trinajstić information content (AvgIpc) is 2.40. The summed E-state index contributed by atoms with van der Waals surface area (Å²) in [7, 11) is 1.29. The molecule has 0 aliphatic rings. The Morgan fingerprint density at radius 1 is 1.50 bits per heavy atom. The highest BCUT2D eigenvalue weighted by atomic mass is 35.5. The molecule has 16 heavy (non-hydrogen) atoms. The number of nitrogens with zero attached hydrogens (tertiary/aromatic N) is 2. The SMILES string of the molecule is CC(=O)/C=C/c1c(C(F)(F)F)nn(C)c1Cl. The van der Waals surface area contributed by atoms with Crippen LogP contribution >= 0.6 is 11.6 Å². The van der Waals surface area contributed by atoms with Gasteiger partial charge in [-0.05, 0) is 19.1 Å². The molecular weight excluding hydrogens is 245 g/mol. The van der Waals surface area contributed by atoms with Crippen LogP contribution in [0.15, 0.2) is 6.08 Å². The molecule has 1 aromatic heterocycles. The Bertz CT molecular complexity index is 448. The number of halogens is 4. The first-order valence-electron chi connectivity index (χ1n) is 4.22. The maximum atomic E-state index is 12.5. The van der Waals surface area contributed by atoms with Gasteiger partial charge >= 0.3 is 6.18 Å². The molecule has 1 heterocycles. The van der Waals surface area contributed by atoms with E-state index in [1.807, 2.05) is 0 Å². The Hall–Kier alpha value is -1.30. The highest BCUT2D eigenvalue weighted by molar-refractivity contribution is 6.31. The maximum absolute atomic E-state index is 12.5. The summed E-state index contributed by atoms with van der Waals surface area (Å²) in [5.74, 6) is -0.368. The quantitative estimate of drug-likeness (QED) is 0.759. The highest BCUT2D eigenvalue weighted by Crippen LogP contribution is 2.34. The lowest BCUT2D eigenvalue weighted by molar-refractivity contribution is -0.141. The van der Waals surface area contributed by atoms with E-state index in [4.69, 9.17) is 11.6 Å². The summed E-state index contributed by atoms with van der Waals surface area (Å²) in [6.07, 6.45) is -2.57. The summed E-state index contributed by atoms with van der Waals surface area (Å²) in [5.41, 5.74) is -1.40. The number of rotatable bonds is 2. The number of carbonyl (C=O) groups excluding carboxylic acids is 1. The lowest BCUT2D eigenvalue weighted by atomic mass is 10.2. The van der Waals surface area contributed by atoms with Gasteiger partial charge in [-0.15, -0.1) is 0 Å². The molecule has 0 amide bonds. The largest absolute Gasteiger partial charge is 0.435 e. The van der Waals surface area contributed by atoms with E-state index in [0.717, 1.165) is 16.8 Å². The molecule has 0 unspecified atom stereocenters. The molecule has 0 aromatic carbocycles.